The largest absolute Gasteiger partial charge is 0.379 e. The van der Waals surface area contributed by atoms with Crippen LogP contribution in [0.5, 0.6) is 0 Å². The molecule has 0 radical (unpaired) electrons. The lowest BCUT2D eigenvalue weighted by Crippen LogP contribution is -2.41. The number of hydrogen-bond acceptors (Lipinski definition) is 4. The van der Waals surface area contributed by atoms with Gasteiger partial charge in [-0.1, -0.05) is 18.2 Å². The van der Waals surface area contributed by atoms with Crippen LogP contribution in [0.4, 0.5) is 10.5 Å². The van der Waals surface area contributed by atoms with Crippen molar-refractivity contribution in [2.24, 2.45) is 0 Å². The number of amides is 3. The number of morpholine rings is 1. The van der Waals surface area contributed by atoms with E-state index in [2.05, 4.69) is 10.2 Å². The van der Waals surface area contributed by atoms with Crippen molar-refractivity contribution in [2.45, 2.75) is 6.42 Å². The molecule has 2 fully saturated rings. The molecule has 0 atom stereocenters. The summed E-state index contributed by atoms with van der Waals surface area (Å²) in [7, 11) is 0. The SMILES string of the molecule is O=C(CN1CCN(c2ccccc2)C1=O)NCCCN1CCOCC1. The van der Waals surface area contributed by atoms with Crippen LogP contribution in [-0.2, 0) is 9.53 Å². The zero-order valence-corrected chi connectivity index (χ0v) is 14.5. The minimum Gasteiger partial charge on any atom is -0.379 e. The summed E-state index contributed by atoms with van der Waals surface area (Å²) in [6.45, 7) is 6.44. The summed E-state index contributed by atoms with van der Waals surface area (Å²) < 4.78 is 5.32. The Bertz CT molecular complexity index is 575. The number of carbonyl (C=O) groups excluding carboxylic acids is 2. The summed E-state index contributed by atoms with van der Waals surface area (Å²) in [4.78, 5) is 30.2. The van der Waals surface area contributed by atoms with E-state index in [0.717, 1.165) is 45.0 Å². The van der Waals surface area contributed by atoms with Gasteiger partial charge in [0.1, 0.15) is 6.54 Å². The standard InChI is InChI=1S/C18H26N4O3/c23-17(19-7-4-8-20-11-13-25-14-12-20)15-21-9-10-22(18(21)24)16-5-2-1-3-6-16/h1-3,5-6H,4,7-15H2,(H,19,23). The van der Waals surface area contributed by atoms with Crippen molar-refractivity contribution < 1.29 is 14.3 Å². The molecule has 0 unspecified atom stereocenters. The lowest BCUT2D eigenvalue weighted by molar-refractivity contribution is -0.121. The van der Waals surface area contributed by atoms with E-state index in [1.807, 2.05) is 30.3 Å². The van der Waals surface area contributed by atoms with Crippen LogP contribution >= 0.6 is 0 Å². The smallest absolute Gasteiger partial charge is 0.325 e. The quantitative estimate of drug-likeness (QED) is 0.741. The second-order valence-electron chi connectivity index (χ2n) is 6.35. The van der Waals surface area contributed by atoms with Gasteiger partial charge in [0.2, 0.25) is 5.91 Å². The molecule has 1 aromatic rings. The number of nitrogens with one attached hydrogen (secondary N) is 1. The Morgan fingerprint density at radius 3 is 2.60 bits per heavy atom. The maximum Gasteiger partial charge on any atom is 0.325 e. The second kappa shape index (κ2) is 8.82. The highest BCUT2D eigenvalue weighted by atomic mass is 16.5. The molecule has 136 valence electrons. The van der Waals surface area contributed by atoms with Crippen LogP contribution in [0.15, 0.2) is 30.3 Å². The average Bonchev–Trinajstić information content (AvgIpc) is 3.01. The number of urea groups is 1. The first kappa shape index (κ1) is 17.7. The van der Waals surface area contributed by atoms with E-state index in [1.54, 1.807) is 9.80 Å². The number of benzene rings is 1. The predicted molar refractivity (Wildman–Crippen MR) is 95.6 cm³/mol. The van der Waals surface area contributed by atoms with E-state index in [9.17, 15) is 9.59 Å². The van der Waals surface area contributed by atoms with Gasteiger partial charge in [0.15, 0.2) is 0 Å². The molecule has 0 saturated carbocycles. The number of ether oxygens (including phenoxy) is 1. The molecule has 2 aliphatic heterocycles. The fourth-order valence-electron chi connectivity index (χ4n) is 3.16. The van der Waals surface area contributed by atoms with Crippen LogP contribution in [0.2, 0.25) is 0 Å². The van der Waals surface area contributed by atoms with Crippen molar-refractivity contribution in [3.8, 4) is 0 Å². The third-order valence-electron chi connectivity index (χ3n) is 4.57. The van der Waals surface area contributed by atoms with Crippen LogP contribution in [-0.4, -0.2) is 80.8 Å². The molecule has 2 aliphatic rings. The van der Waals surface area contributed by atoms with Crippen LogP contribution in [0.1, 0.15) is 6.42 Å². The van der Waals surface area contributed by atoms with Crippen molar-refractivity contribution in [3.63, 3.8) is 0 Å². The highest BCUT2D eigenvalue weighted by Gasteiger charge is 2.30. The van der Waals surface area contributed by atoms with Crippen LogP contribution in [0, 0.1) is 0 Å². The molecule has 0 bridgehead atoms. The fraction of sp³-hybridized carbons (Fsp3) is 0.556. The molecular formula is C18H26N4O3. The van der Waals surface area contributed by atoms with Gasteiger partial charge in [0, 0.05) is 38.4 Å². The number of carbonyl (C=O) groups is 2. The highest BCUT2D eigenvalue weighted by Crippen LogP contribution is 2.19. The highest BCUT2D eigenvalue weighted by molar-refractivity contribution is 5.96. The number of hydrogen-bond donors (Lipinski definition) is 1. The molecular weight excluding hydrogens is 320 g/mol. The molecule has 7 heteroatoms. The minimum absolute atomic E-state index is 0.0924. The van der Waals surface area contributed by atoms with Crippen LogP contribution < -0.4 is 10.2 Å². The average molecular weight is 346 g/mol. The van der Waals surface area contributed by atoms with Crippen LogP contribution in [0.25, 0.3) is 0 Å². The molecule has 3 amide bonds. The minimum atomic E-state index is -0.102. The second-order valence-corrected chi connectivity index (χ2v) is 6.35. The van der Waals surface area contributed by atoms with Gasteiger partial charge < -0.3 is 15.0 Å². The van der Waals surface area contributed by atoms with E-state index in [4.69, 9.17) is 4.74 Å². The Morgan fingerprint density at radius 1 is 1.08 bits per heavy atom. The van der Waals surface area contributed by atoms with Gasteiger partial charge in [-0.15, -0.1) is 0 Å². The lowest BCUT2D eigenvalue weighted by atomic mass is 10.3. The lowest BCUT2D eigenvalue weighted by Gasteiger charge is -2.26. The Hall–Kier alpha value is -2.12. The Morgan fingerprint density at radius 2 is 1.84 bits per heavy atom. The summed E-state index contributed by atoms with van der Waals surface area (Å²) in [5.74, 6) is -0.0924. The summed E-state index contributed by atoms with van der Waals surface area (Å²) in [5.41, 5.74) is 0.876. The predicted octanol–water partition coefficient (Wildman–Crippen LogP) is 0.767. The van der Waals surface area contributed by atoms with E-state index < -0.39 is 0 Å². The molecule has 25 heavy (non-hydrogen) atoms. The van der Waals surface area contributed by atoms with Gasteiger partial charge in [0.25, 0.3) is 0 Å². The Labute approximate surface area is 148 Å². The normalized spacial score (nSPS) is 18.6. The molecule has 2 saturated heterocycles. The Balaban J connectivity index is 1.36. The van der Waals surface area contributed by atoms with Crippen molar-refractivity contribution >= 4 is 17.6 Å². The monoisotopic (exact) mass is 346 g/mol. The number of rotatable bonds is 7. The van der Waals surface area contributed by atoms with E-state index in [1.165, 1.54) is 0 Å². The zero-order chi connectivity index (χ0) is 17.5. The maximum absolute atomic E-state index is 12.4. The van der Waals surface area contributed by atoms with Crippen molar-refractivity contribution in [1.29, 1.82) is 0 Å². The summed E-state index contributed by atoms with van der Waals surface area (Å²) in [5, 5.41) is 2.92. The van der Waals surface area contributed by atoms with Gasteiger partial charge in [-0.05, 0) is 25.1 Å². The number of para-hydroxylation sites is 1. The molecule has 3 rings (SSSR count). The summed E-state index contributed by atoms with van der Waals surface area (Å²) >= 11 is 0. The van der Waals surface area contributed by atoms with E-state index in [-0.39, 0.29) is 18.5 Å². The van der Waals surface area contributed by atoms with Gasteiger partial charge in [-0.3, -0.25) is 14.6 Å². The van der Waals surface area contributed by atoms with Crippen LogP contribution in [0.3, 0.4) is 0 Å². The summed E-state index contributed by atoms with van der Waals surface area (Å²) in [6, 6.07) is 9.46. The fourth-order valence-corrected chi connectivity index (χ4v) is 3.16. The molecule has 0 aliphatic carbocycles. The summed E-state index contributed by atoms with van der Waals surface area (Å²) in [6.07, 6.45) is 0.913. The van der Waals surface area contributed by atoms with Crippen molar-refractivity contribution in [3.05, 3.63) is 30.3 Å². The first-order valence-electron chi connectivity index (χ1n) is 8.92. The molecule has 1 aromatic carbocycles. The molecule has 0 aromatic heterocycles. The van der Waals surface area contributed by atoms with Gasteiger partial charge in [-0.2, -0.15) is 0 Å². The van der Waals surface area contributed by atoms with Gasteiger partial charge in [-0.25, -0.2) is 4.79 Å². The third-order valence-corrected chi connectivity index (χ3v) is 4.57. The number of anilines is 1. The van der Waals surface area contributed by atoms with E-state index in [0.29, 0.717) is 19.6 Å². The topological polar surface area (TPSA) is 65.1 Å². The first-order valence-corrected chi connectivity index (χ1v) is 8.92. The molecule has 0 spiro atoms. The first-order chi connectivity index (χ1) is 12.2. The van der Waals surface area contributed by atoms with Gasteiger partial charge >= 0.3 is 6.03 Å². The molecule has 7 nitrogen and oxygen atoms in total. The van der Waals surface area contributed by atoms with Crippen molar-refractivity contribution in [1.82, 2.24) is 15.1 Å². The Kier molecular flexibility index (Phi) is 6.25. The molecule has 2 heterocycles. The maximum atomic E-state index is 12.4. The van der Waals surface area contributed by atoms with Gasteiger partial charge in [0.05, 0.1) is 13.2 Å². The van der Waals surface area contributed by atoms with Crippen molar-refractivity contribution in [2.75, 3.05) is 63.9 Å². The zero-order valence-electron chi connectivity index (χ0n) is 14.5. The van der Waals surface area contributed by atoms with E-state index >= 15 is 0 Å². The molecule has 1 N–H and O–H groups in total. The number of nitrogens with zero attached hydrogens (tertiary/aromatic N) is 3. The third kappa shape index (κ3) is 4.93.